The number of rotatable bonds is 5. The molecule has 1 N–H and O–H groups in total. The third-order valence-corrected chi connectivity index (χ3v) is 4.46. The van der Waals surface area contributed by atoms with Gasteiger partial charge in [0.15, 0.2) is 5.16 Å². The SMILES string of the molecule is CCC1CC1n1c(SCC(=O)O)nc2cnccc21. The molecule has 0 aliphatic heterocycles. The maximum absolute atomic E-state index is 10.7. The number of pyridine rings is 1. The highest BCUT2D eigenvalue weighted by molar-refractivity contribution is 7.99. The summed E-state index contributed by atoms with van der Waals surface area (Å²) in [4.78, 5) is 19.3. The lowest BCUT2D eigenvalue weighted by Gasteiger charge is -2.07. The Morgan fingerprint density at radius 1 is 1.63 bits per heavy atom. The Labute approximate surface area is 115 Å². The number of nitrogens with zero attached hydrogens (tertiary/aromatic N) is 3. The van der Waals surface area contributed by atoms with Gasteiger partial charge >= 0.3 is 5.97 Å². The average molecular weight is 277 g/mol. The van der Waals surface area contributed by atoms with Crippen molar-refractivity contribution in [3.05, 3.63) is 18.5 Å². The van der Waals surface area contributed by atoms with E-state index in [4.69, 9.17) is 5.11 Å². The summed E-state index contributed by atoms with van der Waals surface area (Å²) in [6, 6.07) is 2.42. The first-order valence-corrected chi connectivity index (χ1v) is 7.35. The van der Waals surface area contributed by atoms with E-state index in [9.17, 15) is 4.79 Å². The van der Waals surface area contributed by atoms with E-state index in [1.165, 1.54) is 11.8 Å². The molecule has 1 aliphatic rings. The van der Waals surface area contributed by atoms with Gasteiger partial charge in [-0.2, -0.15) is 0 Å². The molecule has 0 bridgehead atoms. The van der Waals surface area contributed by atoms with Gasteiger partial charge in [-0.3, -0.25) is 9.78 Å². The highest BCUT2D eigenvalue weighted by Crippen LogP contribution is 2.48. The molecule has 0 spiro atoms. The van der Waals surface area contributed by atoms with E-state index >= 15 is 0 Å². The topological polar surface area (TPSA) is 68.0 Å². The quantitative estimate of drug-likeness (QED) is 0.851. The fraction of sp³-hybridized carbons (Fsp3) is 0.462. The van der Waals surface area contributed by atoms with E-state index in [2.05, 4.69) is 21.5 Å². The van der Waals surface area contributed by atoms with Gasteiger partial charge in [-0.05, 0) is 18.4 Å². The molecular weight excluding hydrogens is 262 g/mol. The van der Waals surface area contributed by atoms with E-state index in [1.54, 1.807) is 12.4 Å². The number of fused-ring (bicyclic) bond motifs is 1. The molecule has 0 amide bonds. The van der Waals surface area contributed by atoms with Gasteiger partial charge in [0.1, 0.15) is 5.52 Å². The summed E-state index contributed by atoms with van der Waals surface area (Å²) in [5.41, 5.74) is 1.90. The fourth-order valence-electron chi connectivity index (χ4n) is 2.46. The number of aromatic nitrogens is 3. The Hall–Kier alpha value is -1.56. The summed E-state index contributed by atoms with van der Waals surface area (Å²) in [5, 5.41) is 9.62. The second-order valence-electron chi connectivity index (χ2n) is 4.78. The molecule has 2 heterocycles. The number of imidazole rings is 1. The Bertz CT molecular complexity index is 625. The summed E-state index contributed by atoms with van der Waals surface area (Å²) in [6.45, 7) is 2.19. The number of carbonyl (C=O) groups is 1. The molecule has 2 aromatic heterocycles. The van der Waals surface area contributed by atoms with Crippen molar-refractivity contribution >= 4 is 28.8 Å². The minimum absolute atomic E-state index is 0.0419. The number of hydrogen-bond donors (Lipinski definition) is 1. The van der Waals surface area contributed by atoms with Crippen LogP contribution >= 0.6 is 11.8 Å². The summed E-state index contributed by atoms with van der Waals surface area (Å²) < 4.78 is 2.19. The Morgan fingerprint density at radius 2 is 2.47 bits per heavy atom. The number of aliphatic carboxylic acids is 1. The molecule has 0 saturated heterocycles. The van der Waals surface area contributed by atoms with Crippen molar-refractivity contribution < 1.29 is 9.90 Å². The molecule has 5 nitrogen and oxygen atoms in total. The van der Waals surface area contributed by atoms with E-state index in [-0.39, 0.29) is 5.75 Å². The lowest BCUT2D eigenvalue weighted by atomic mass is 10.3. The molecule has 2 unspecified atom stereocenters. The first kappa shape index (κ1) is 12.5. The Balaban J connectivity index is 1.99. The predicted molar refractivity (Wildman–Crippen MR) is 73.3 cm³/mol. The second-order valence-corrected chi connectivity index (χ2v) is 5.73. The lowest BCUT2D eigenvalue weighted by molar-refractivity contribution is -0.133. The van der Waals surface area contributed by atoms with Crippen molar-refractivity contribution in [3.8, 4) is 0 Å². The standard InChI is InChI=1S/C13H15N3O2S/c1-2-8-5-11(8)16-10-3-4-14-6-9(10)15-13(16)19-7-12(17)18/h3-4,6,8,11H,2,5,7H2,1H3,(H,17,18). The maximum Gasteiger partial charge on any atom is 0.313 e. The zero-order valence-electron chi connectivity index (χ0n) is 10.6. The van der Waals surface area contributed by atoms with Crippen LogP contribution in [0.3, 0.4) is 0 Å². The van der Waals surface area contributed by atoms with E-state index in [0.717, 1.165) is 29.0 Å². The van der Waals surface area contributed by atoms with Crippen LogP contribution in [0.15, 0.2) is 23.6 Å². The average Bonchev–Trinajstić information content (AvgIpc) is 3.08. The van der Waals surface area contributed by atoms with Gasteiger partial charge in [0, 0.05) is 12.2 Å². The van der Waals surface area contributed by atoms with Crippen molar-refractivity contribution in [2.24, 2.45) is 5.92 Å². The van der Waals surface area contributed by atoms with Crippen LogP contribution in [0.5, 0.6) is 0 Å². The highest BCUT2D eigenvalue weighted by Gasteiger charge is 2.39. The molecule has 3 rings (SSSR count). The lowest BCUT2D eigenvalue weighted by Crippen LogP contribution is -2.03. The van der Waals surface area contributed by atoms with Gasteiger partial charge in [0.2, 0.25) is 0 Å². The zero-order chi connectivity index (χ0) is 13.4. The van der Waals surface area contributed by atoms with Crippen molar-refractivity contribution in [1.82, 2.24) is 14.5 Å². The fourth-order valence-corrected chi connectivity index (χ4v) is 3.25. The third-order valence-electron chi connectivity index (χ3n) is 3.53. The van der Waals surface area contributed by atoms with Crippen LogP contribution in [0.2, 0.25) is 0 Å². The summed E-state index contributed by atoms with van der Waals surface area (Å²) in [6.07, 6.45) is 5.80. The van der Waals surface area contributed by atoms with Gasteiger partial charge in [0.05, 0.1) is 17.5 Å². The number of hydrogen-bond acceptors (Lipinski definition) is 4. The normalized spacial score (nSPS) is 21.7. The van der Waals surface area contributed by atoms with E-state index in [1.807, 2.05) is 6.07 Å². The van der Waals surface area contributed by atoms with Gasteiger partial charge in [0.25, 0.3) is 0 Å². The van der Waals surface area contributed by atoms with Gasteiger partial charge in [-0.15, -0.1) is 0 Å². The van der Waals surface area contributed by atoms with Crippen LogP contribution in [0.4, 0.5) is 0 Å². The maximum atomic E-state index is 10.7. The van der Waals surface area contributed by atoms with Crippen molar-refractivity contribution in [1.29, 1.82) is 0 Å². The molecule has 1 fully saturated rings. The predicted octanol–water partition coefficient (Wildman–Crippen LogP) is 2.58. The number of carboxylic acids is 1. The first-order chi connectivity index (χ1) is 9.20. The van der Waals surface area contributed by atoms with Crippen LogP contribution in [0.1, 0.15) is 25.8 Å². The first-order valence-electron chi connectivity index (χ1n) is 6.37. The largest absolute Gasteiger partial charge is 0.481 e. The molecule has 2 atom stereocenters. The molecule has 0 aromatic carbocycles. The van der Waals surface area contributed by atoms with Crippen molar-refractivity contribution in [2.75, 3.05) is 5.75 Å². The monoisotopic (exact) mass is 277 g/mol. The minimum Gasteiger partial charge on any atom is -0.481 e. The molecule has 2 aromatic rings. The molecule has 1 saturated carbocycles. The molecule has 0 radical (unpaired) electrons. The number of carboxylic acid groups (broad SMARTS) is 1. The minimum atomic E-state index is -0.815. The van der Waals surface area contributed by atoms with E-state index < -0.39 is 5.97 Å². The molecule has 6 heteroatoms. The smallest absolute Gasteiger partial charge is 0.313 e. The number of thioether (sulfide) groups is 1. The van der Waals surface area contributed by atoms with Gasteiger partial charge in [-0.25, -0.2) is 4.98 Å². The second kappa shape index (κ2) is 4.85. The Kier molecular flexibility index (Phi) is 3.18. The zero-order valence-corrected chi connectivity index (χ0v) is 11.4. The molecule has 19 heavy (non-hydrogen) atoms. The van der Waals surface area contributed by atoms with Crippen LogP contribution in [-0.2, 0) is 4.79 Å². The van der Waals surface area contributed by atoms with Crippen molar-refractivity contribution in [2.45, 2.75) is 31.0 Å². The van der Waals surface area contributed by atoms with Crippen LogP contribution < -0.4 is 0 Å². The summed E-state index contributed by atoms with van der Waals surface area (Å²) >= 11 is 1.29. The van der Waals surface area contributed by atoms with Crippen LogP contribution in [-0.4, -0.2) is 31.4 Å². The molecular formula is C13H15N3O2S. The van der Waals surface area contributed by atoms with Crippen molar-refractivity contribution in [3.63, 3.8) is 0 Å². The van der Waals surface area contributed by atoms with E-state index in [0.29, 0.717) is 12.0 Å². The highest BCUT2D eigenvalue weighted by atomic mass is 32.2. The molecule has 100 valence electrons. The van der Waals surface area contributed by atoms with Gasteiger partial charge < -0.3 is 9.67 Å². The van der Waals surface area contributed by atoms with Gasteiger partial charge in [-0.1, -0.05) is 25.1 Å². The van der Waals surface area contributed by atoms with Crippen LogP contribution in [0, 0.1) is 5.92 Å². The Morgan fingerprint density at radius 3 is 3.16 bits per heavy atom. The summed E-state index contributed by atoms with van der Waals surface area (Å²) in [7, 11) is 0. The molecule has 1 aliphatic carbocycles. The summed E-state index contributed by atoms with van der Waals surface area (Å²) in [5.74, 6) is -0.0837. The van der Waals surface area contributed by atoms with Crippen LogP contribution in [0.25, 0.3) is 11.0 Å². The third kappa shape index (κ3) is 2.32.